The monoisotopic (exact) mass is 417 g/mol. The second kappa shape index (κ2) is 6.37. The summed E-state index contributed by atoms with van der Waals surface area (Å²) in [5, 5.41) is 17.7. The van der Waals surface area contributed by atoms with Crippen molar-refractivity contribution >= 4 is 23.2 Å². The Morgan fingerprint density at radius 3 is 2.73 bits per heavy atom. The Balaban J connectivity index is 1.77. The SMILES string of the molecule is Cc1[nH]nc2c1[C@]1(C(=O)N(Cc3ccc(Cl)cc3)c3ccccc31)C(C#N)=C(N)O2. The van der Waals surface area contributed by atoms with E-state index in [4.69, 9.17) is 22.1 Å². The second-order valence-electron chi connectivity index (χ2n) is 7.27. The Bertz CT molecular complexity index is 1270. The molecule has 8 heteroatoms. The highest BCUT2D eigenvalue weighted by molar-refractivity contribution is 6.30. The summed E-state index contributed by atoms with van der Waals surface area (Å²) in [5.41, 5.74) is 8.21. The van der Waals surface area contributed by atoms with Crippen LogP contribution in [0, 0.1) is 18.3 Å². The maximum absolute atomic E-state index is 14.1. The van der Waals surface area contributed by atoms with E-state index in [2.05, 4.69) is 16.3 Å². The van der Waals surface area contributed by atoms with E-state index in [0.717, 1.165) is 5.56 Å². The van der Waals surface area contributed by atoms with Gasteiger partial charge in [-0.2, -0.15) is 5.26 Å². The molecule has 3 N–H and O–H groups in total. The van der Waals surface area contributed by atoms with Crippen molar-refractivity contribution in [1.82, 2.24) is 10.2 Å². The summed E-state index contributed by atoms with van der Waals surface area (Å²) in [4.78, 5) is 15.8. The lowest BCUT2D eigenvalue weighted by atomic mass is 9.69. The van der Waals surface area contributed by atoms with Crippen LogP contribution < -0.4 is 15.4 Å². The molecule has 1 spiro atoms. The molecule has 0 unspecified atom stereocenters. The van der Waals surface area contributed by atoms with Crippen LogP contribution in [0.1, 0.15) is 22.4 Å². The number of hydrogen-bond acceptors (Lipinski definition) is 5. The lowest BCUT2D eigenvalue weighted by molar-refractivity contribution is -0.121. The normalized spacial score (nSPS) is 19.5. The molecule has 0 fully saturated rings. The first-order chi connectivity index (χ1) is 14.5. The molecule has 3 heterocycles. The number of fused-ring (bicyclic) bond motifs is 4. The molecule has 1 amide bonds. The van der Waals surface area contributed by atoms with E-state index in [1.807, 2.05) is 36.4 Å². The van der Waals surface area contributed by atoms with Crippen LogP contribution in [-0.2, 0) is 16.8 Å². The van der Waals surface area contributed by atoms with E-state index < -0.39 is 5.41 Å². The van der Waals surface area contributed by atoms with Gasteiger partial charge in [0.25, 0.3) is 0 Å². The first kappa shape index (κ1) is 18.3. The number of aromatic nitrogens is 2. The average Bonchev–Trinajstić information content (AvgIpc) is 3.22. The highest BCUT2D eigenvalue weighted by atomic mass is 35.5. The van der Waals surface area contributed by atoms with Gasteiger partial charge >= 0.3 is 0 Å². The summed E-state index contributed by atoms with van der Waals surface area (Å²) < 4.78 is 5.58. The number of nitrogens with two attached hydrogens (primary N) is 1. The van der Waals surface area contributed by atoms with E-state index in [1.165, 1.54) is 0 Å². The summed E-state index contributed by atoms with van der Waals surface area (Å²) in [6.45, 7) is 2.12. The van der Waals surface area contributed by atoms with Crippen molar-refractivity contribution in [1.29, 1.82) is 5.26 Å². The second-order valence-corrected chi connectivity index (χ2v) is 7.70. The van der Waals surface area contributed by atoms with Gasteiger partial charge in [-0.15, -0.1) is 5.10 Å². The molecule has 2 aliphatic heterocycles. The average molecular weight is 418 g/mol. The van der Waals surface area contributed by atoms with E-state index in [9.17, 15) is 10.1 Å². The summed E-state index contributed by atoms with van der Waals surface area (Å²) in [7, 11) is 0. The van der Waals surface area contributed by atoms with Gasteiger partial charge in [0.2, 0.25) is 17.7 Å². The highest BCUT2D eigenvalue weighted by Gasteiger charge is 2.60. The smallest absolute Gasteiger partial charge is 0.248 e. The van der Waals surface area contributed by atoms with Crippen molar-refractivity contribution in [3.8, 4) is 11.9 Å². The Morgan fingerprint density at radius 1 is 1.27 bits per heavy atom. The van der Waals surface area contributed by atoms with Crippen LogP contribution in [0.25, 0.3) is 0 Å². The molecule has 1 aromatic heterocycles. The van der Waals surface area contributed by atoms with Crippen LogP contribution in [0.2, 0.25) is 5.02 Å². The molecule has 2 aliphatic rings. The third kappa shape index (κ3) is 2.25. The van der Waals surface area contributed by atoms with Crippen LogP contribution in [0.15, 0.2) is 60.0 Å². The number of aryl methyl sites for hydroxylation is 1. The van der Waals surface area contributed by atoms with Crippen LogP contribution in [0.4, 0.5) is 5.69 Å². The van der Waals surface area contributed by atoms with Gasteiger partial charge in [0.15, 0.2) is 0 Å². The Hall–Kier alpha value is -3.76. The van der Waals surface area contributed by atoms with Crippen molar-refractivity contribution in [2.75, 3.05) is 4.90 Å². The number of anilines is 1. The van der Waals surface area contributed by atoms with E-state index >= 15 is 0 Å². The molecular formula is C22H16ClN5O2. The summed E-state index contributed by atoms with van der Waals surface area (Å²) in [6, 6.07) is 16.9. The fraction of sp³-hybridized carbons (Fsp3) is 0.136. The molecule has 0 saturated heterocycles. The number of amides is 1. The maximum atomic E-state index is 14.1. The number of hydrogen-bond donors (Lipinski definition) is 2. The van der Waals surface area contributed by atoms with Crippen LogP contribution in [0.5, 0.6) is 5.88 Å². The Morgan fingerprint density at radius 2 is 2.00 bits per heavy atom. The number of carbonyl (C=O) groups is 1. The molecule has 2 aromatic carbocycles. The van der Waals surface area contributed by atoms with Crippen molar-refractivity contribution in [3.63, 3.8) is 0 Å². The van der Waals surface area contributed by atoms with Gasteiger partial charge in [0, 0.05) is 22.0 Å². The molecule has 3 aromatic rings. The zero-order chi connectivity index (χ0) is 21.0. The van der Waals surface area contributed by atoms with Crippen LogP contribution in [-0.4, -0.2) is 16.1 Å². The fourth-order valence-electron chi connectivity index (χ4n) is 4.39. The number of ether oxygens (including phenoxy) is 1. The molecule has 0 bridgehead atoms. The molecule has 148 valence electrons. The first-order valence-corrected chi connectivity index (χ1v) is 9.65. The van der Waals surface area contributed by atoms with Crippen molar-refractivity contribution in [3.05, 3.63) is 87.4 Å². The number of nitrogens with one attached hydrogen (secondary N) is 1. The third-order valence-corrected chi connectivity index (χ3v) is 5.90. The fourth-order valence-corrected chi connectivity index (χ4v) is 4.52. The predicted octanol–water partition coefficient (Wildman–Crippen LogP) is 3.29. The quantitative estimate of drug-likeness (QED) is 0.665. The molecule has 0 radical (unpaired) electrons. The molecule has 0 saturated carbocycles. The van der Waals surface area contributed by atoms with Gasteiger partial charge in [0.05, 0.1) is 12.1 Å². The van der Waals surface area contributed by atoms with E-state index in [1.54, 1.807) is 24.0 Å². The van der Waals surface area contributed by atoms with Crippen molar-refractivity contribution in [2.45, 2.75) is 18.9 Å². The highest BCUT2D eigenvalue weighted by Crippen LogP contribution is 2.55. The number of rotatable bonds is 2. The number of carbonyl (C=O) groups excluding carboxylic acids is 1. The van der Waals surface area contributed by atoms with Gasteiger partial charge in [0.1, 0.15) is 17.1 Å². The number of benzene rings is 2. The van der Waals surface area contributed by atoms with Gasteiger partial charge < -0.3 is 15.4 Å². The van der Waals surface area contributed by atoms with Gasteiger partial charge in [-0.1, -0.05) is 41.9 Å². The summed E-state index contributed by atoms with van der Waals surface area (Å²) in [6.07, 6.45) is 0. The lowest BCUT2D eigenvalue weighted by Crippen LogP contribution is -2.45. The largest absolute Gasteiger partial charge is 0.420 e. The molecule has 5 rings (SSSR count). The standard InChI is InChI=1S/C22H16ClN5O2/c1-12-18-20(27-26-12)30-19(25)16(10-24)22(18)15-4-2-3-5-17(15)28(21(22)29)11-13-6-8-14(23)9-7-13/h2-9H,11,25H2,1H3,(H,26,27)/t22-/m1/s1. The molecular weight excluding hydrogens is 402 g/mol. The number of para-hydroxylation sites is 1. The number of nitriles is 1. The van der Waals surface area contributed by atoms with Gasteiger partial charge in [-0.25, -0.2) is 0 Å². The Kier molecular flexibility index (Phi) is 3.88. The topological polar surface area (TPSA) is 108 Å². The van der Waals surface area contributed by atoms with Crippen LogP contribution >= 0.6 is 11.6 Å². The van der Waals surface area contributed by atoms with Crippen LogP contribution in [0.3, 0.4) is 0 Å². The number of nitrogens with zero attached hydrogens (tertiary/aromatic N) is 3. The number of halogens is 1. The molecule has 7 nitrogen and oxygen atoms in total. The molecule has 1 atom stereocenters. The minimum atomic E-state index is -1.41. The first-order valence-electron chi connectivity index (χ1n) is 9.28. The predicted molar refractivity (Wildman–Crippen MR) is 111 cm³/mol. The van der Waals surface area contributed by atoms with Gasteiger partial charge in [-0.05, 0) is 30.7 Å². The zero-order valence-corrected chi connectivity index (χ0v) is 16.7. The lowest BCUT2D eigenvalue weighted by Gasteiger charge is -2.32. The molecule has 30 heavy (non-hydrogen) atoms. The van der Waals surface area contributed by atoms with E-state index in [-0.39, 0.29) is 23.2 Å². The van der Waals surface area contributed by atoms with E-state index in [0.29, 0.717) is 34.1 Å². The summed E-state index contributed by atoms with van der Waals surface area (Å²) >= 11 is 6.01. The van der Waals surface area contributed by atoms with Crippen molar-refractivity contribution < 1.29 is 9.53 Å². The summed E-state index contributed by atoms with van der Waals surface area (Å²) in [5.74, 6) is -0.180. The zero-order valence-electron chi connectivity index (χ0n) is 15.9. The molecule has 0 aliphatic carbocycles. The maximum Gasteiger partial charge on any atom is 0.248 e. The minimum Gasteiger partial charge on any atom is -0.420 e. The third-order valence-electron chi connectivity index (χ3n) is 5.65. The number of aromatic amines is 1. The number of H-pyrrole nitrogens is 1. The van der Waals surface area contributed by atoms with Crippen molar-refractivity contribution in [2.24, 2.45) is 5.73 Å². The Labute approximate surface area is 177 Å². The van der Waals surface area contributed by atoms with Gasteiger partial charge in [-0.3, -0.25) is 9.89 Å². The minimum absolute atomic E-state index is 0.0653.